The molecule has 1 aliphatic heterocycles. The van der Waals surface area contributed by atoms with Crippen molar-refractivity contribution < 1.29 is 0 Å². The zero-order valence-electron chi connectivity index (χ0n) is 11.8. The number of benzene rings is 2. The molecule has 0 saturated carbocycles. The Labute approximate surface area is 130 Å². The van der Waals surface area contributed by atoms with Crippen LogP contribution in [0.2, 0.25) is 11.4 Å². The first-order chi connectivity index (χ1) is 9.75. The second-order valence-corrected chi connectivity index (χ2v) is 13.2. The van der Waals surface area contributed by atoms with E-state index in [1.54, 1.807) is 8.72 Å². The average molecular weight is 384 g/mol. The van der Waals surface area contributed by atoms with Gasteiger partial charge in [0.2, 0.25) is 0 Å². The number of hydrogen-bond donors (Lipinski definition) is 0. The summed E-state index contributed by atoms with van der Waals surface area (Å²) in [6, 6.07) is 21.9. The fourth-order valence-electron chi connectivity index (χ4n) is 2.48. The SMILES string of the molecule is C[As]1C=C(c2ccccc2)[As](C)C(c2ccccc2)=C1. The molecule has 100 valence electrons. The van der Waals surface area contributed by atoms with Gasteiger partial charge in [-0.2, -0.15) is 0 Å². The Balaban J connectivity index is 2.00. The van der Waals surface area contributed by atoms with E-state index in [0.717, 1.165) is 0 Å². The van der Waals surface area contributed by atoms with Crippen LogP contribution in [0.4, 0.5) is 0 Å². The summed E-state index contributed by atoms with van der Waals surface area (Å²) in [5, 5.41) is 0. The van der Waals surface area contributed by atoms with Crippen LogP contribution in [0.3, 0.4) is 0 Å². The molecule has 2 heteroatoms. The molecule has 0 nitrogen and oxygen atoms in total. The molecule has 1 aliphatic rings. The predicted octanol–water partition coefficient (Wildman–Crippen LogP) is 4.57. The van der Waals surface area contributed by atoms with Gasteiger partial charge >= 0.3 is 131 Å². The maximum absolute atomic E-state index is 2.61. The molecule has 1 heterocycles. The first kappa shape index (κ1) is 14.0. The minimum atomic E-state index is -1.13. The van der Waals surface area contributed by atoms with Gasteiger partial charge in [-0.25, -0.2) is 0 Å². The molecule has 2 aromatic carbocycles. The van der Waals surface area contributed by atoms with Gasteiger partial charge < -0.3 is 0 Å². The van der Waals surface area contributed by atoms with Gasteiger partial charge in [0, 0.05) is 0 Å². The summed E-state index contributed by atoms with van der Waals surface area (Å²) in [5.41, 5.74) is 7.79. The van der Waals surface area contributed by atoms with E-state index >= 15 is 0 Å². The van der Waals surface area contributed by atoms with Gasteiger partial charge in [0.15, 0.2) is 0 Å². The van der Waals surface area contributed by atoms with E-state index in [-0.39, 0.29) is 0 Å². The predicted molar refractivity (Wildman–Crippen MR) is 92.1 cm³/mol. The van der Waals surface area contributed by atoms with Crippen molar-refractivity contribution in [2.75, 3.05) is 0 Å². The summed E-state index contributed by atoms with van der Waals surface area (Å²) >= 11 is -2.08. The van der Waals surface area contributed by atoms with Crippen molar-refractivity contribution in [3.63, 3.8) is 0 Å². The van der Waals surface area contributed by atoms with Crippen LogP contribution in [0.1, 0.15) is 11.1 Å². The van der Waals surface area contributed by atoms with Gasteiger partial charge in [-0.3, -0.25) is 0 Å². The second kappa shape index (κ2) is 6.21. The van der Waals surface area contributed by atoms with Crippen LogP contribution in [0.5, 0.6) is 0 Å². The third-order valence-corrected chi connectivity index (χ3v) is 12.9. The van der Waals surface area contributed by atoms with Crippen molar-refractivity contribution in [1.82, 2.24) is 0 Å². The van der Waals surface area contributed by atoms with Crippen LogP contribution < -0.4 is 0 Å². The van der Waals surface area contributed by atoms with E-state index < -0.39 is 29.3 Å². The molecule has 0 atom stereocenters. The first-order valence-electron chi connectivity index (χ1n) is 6.76. The molecule has 0 saturated heterocycles. The fraction of sp³-hybridized carbons (Fsp3) is 0.111. The van der Waals surface area contributed by atoms with E-state index in [1.807, 2.05) is 0 Å². The second-order valence-electron chi connectivity index (χ2n) is 4.99. The third-order valence-electron chi connectivity index (χ3n) is 3.51. The van der Waals surface area contributed by atoms with Crippen molar-refractivity contribution in [1.29, 1.82) is 0 Å². The molecule has 0 N–H and O–H groups in total. The molecule has 0 radical (unpaired) electrons. The summed E-state index contributed by atoms with van der Waals surface area (Å²) in [6.07, 6.45) is 0. The Kier molecular flexibility index (Phi) is 4.34. The summed E-state index contributed by atoms with van der Waals surface area (Å²) in [5.74, 6) is 0. The van der Waals surface area contributed by atoms with Gasteiger partial charge in [0.05, 0.1) is 0 Å². The Morgan fingerprint density at radius 3 is 1.40 bits per heavy atom. The van der Waals surface area contributed by atoms with Gasteiger partial charge in [0.1, 0.15) is 0 Å². The van der Waals surface area contributed by atoms with E-state index in [0.29, 0.717) is 0 Å². The maximum atomic E-state index is 2.61. The van der Waals surface area contributed by atoms with Crippen molar-refractivity contribution in [2.24, 2.45) is 0 Å². The van der Waals surface area contributed by atoms with Crippen LogP contribution in [0.25, 0.3) is 8.72 Å². The molecule has 0 unspecified atom stereocenters. The Morgan fingerprint density at radius 1 is 0.600 bits per heavy atom. The van der Waals surface area contributed by atoms with Crippen LogP contribution in [-0.4, -0.2) is 29.3 Å². The molecule has 3 rings (SSSR count). The van der Waals surface area contributed by atoms with Crippen LogP contribution >= 0.6 is 0 Å². The molecule has 0 amide bonds. The molecule has 0 aromatic heterocycles. The van der Waals surface area contributed by atoms with Gasteiger partial charge in [-0.1, -0.05) is 0 Å². The summed E-state index contributed by atoms with van der Waals surface area (Å²) in [6.45, 7) is 0. The average Bonchev–Trinajstić information content (AvgIpc) is 2.51. The standard InChI is InChI=1S/C18H18As2/c1-19-13-17(15-9-5-3-6-10-15)20(2)18(14-19)16-11-7-4-8-12-16/h3-14H,1-2H3. The Bertz CT molecular complexity index is 584. The van der Waals surface area contributed by atoms with Gasteiger partial charge in [-0.15, -0.1) is 0 Å². The summed E-state index contributed by atoms with van der Waals surface area (Å²) in [4.78, 5) is 5.21. The zero-order chi connectivity index (χ0) is 13.9. The number of hydrogen-bond acceptors (Lipinski definition) is 0. The molecule has 2 aromatic rings. The van der Waals surface area contributed by atoms with Crippen LogP contribution in [0, 0.1) is 0 Å². The molecule has 0 aliphatic carbocycles. The first-order valence-corrected chi connectivity index (χ1v) is 14.6. The van der Waals surface area contributed by atoms with Crippen molar-refractivity contribution >= 4 is 38.0 Å². The van der Waals surface area contributed by atoms with Crippen LogP contribution in [0.15, 0.2) is 70.4 Å². The van der Waals surface area contributed by atoms with Crippen LogP contribution in [-0.2, 0) is 0 Å². The molecular formula is C18H18As2. The van der Waals surface area contributed by atoms with Gasteiger partial charge in [0.25, 0.3) is 0 Å². The quantitative estimate of drug-likeness (QED) is 0.666. The van der Waals surface area contributed by atoms with Gasteiger partial charge in [-0.05, 0) is 0 Å². The van der Waals surface area contributed by atoms with E-state index in [4.69, 9.17) is 0 Å². The Morgan fingerprint density at radius 2 is 1.00 bits per heavy atom. The molecule has 20 heavy (non-hydrogen) atoms. The van der Waals surface area contributed by atoms with Crippen molar-refractivity contribution in [3.05, 3.63) is 81.5 Å². The fourth-order valence-corrected chi connectivity index (χ4v) is 16.2. The topological polar surface area (TPSA) is 0 Å². The molecule has 0 fully saturated rings. The molecule has 0 spiro atoms. The monoisotopic (exact) mass is 384 g/mol. The Hall–Kier alpha value is -0.963. The zero-order valence-corrected chi connectivity index (χ0v) is 15.6. The third kappa shape index (κ3) is 2.88. The van der Waals surface area contributed by atoms with Crippen molar-refractivity contribution in [2.45, 2.75) is 11.4 Å². The normalized spacial score (nSPS) is 22.1. The van der Waals surface area contributed by atoms with E-state index in [2.05, 4.69) is 81.8 Å². The van der Waals surface area contributed by atoms with Crippen molar-refractivity contribution in [3.8, 4) is 0 Å². The minimum absolute atomic E-state index is 0.946. The van der Waals surface area contributed by atoms with E-state index in [9.17, 15) is 0 Å². The van der Waals surface area contributed by atoms with E-state index in [1.165, 1.54) is 11.1 Å². The summed E-state index contributed by atoms with van der Waals surface area (Å²) in [7, 11) is 0. The summed E-state index contributed by atoms with van der Waals surface area (Å²) < 4.78 is 3.31. The molecular weight excluding hydrogens is 366 g/mol. The molecule has 0 bridgehead atoms. The number of rotatable bonds is 2.